The van der Waals surface area contributed by atoms with Gasteiger partial charge in [0.2, 0.25) is 0 Å². The van der Waals surface area contributed by atoms with E-state index >= 15 is 0 Å². The van der Waals surface area contributed by atoms with Crippen molar-refractivity contribution in [1.82, 2.24) is 4.57 Å². The quantitative estimate of drug-likeness (QED) is 0.196. The van der Waals surface area contributed by atoms with E-state index in [-0.39, 0.29) is 0 Å². The van der Waals surface area contributed by atoms with E-state index in [4.69, 9.17) is 4.42 Å². The molecule has 9 rings (SSSR count). The topological polar surface area (TPSA) is 18.1 Å². The molecule has 2 heterocycles. The van der Waals surface area contributed by atoms with Crippen molar-refractivity contribution >= 4 is 32.6 Å². The minimum Gasteiger partial charge on any atom is -0.455 e. The van der Waals surface area contributed by atoms with Crippen molar-refractivity contribution in [2.75, 3.05) is 0 Å². The Morgan fingerprint density at radius 1 is 0.326 bits per heavy atom. The number of hydrogen-bond donors (Lipinski definition) is 0. The van der Waals surface area contributed by atoms with Crippen LogP contribution in [-0.2, 0) is 0 Å². The summed E-state index contributed by atoms with van der Waals surface area (Å²) >= 11 is 0. The molecule has 2 aromatic heterocycles. The second-order valence-electron chi connectivity index (χ2n) is 11.7. The minimum atomic E-state index is 0.876. The van der Waals surface area contributed by atoms with Gasteiger partial charge in [-0.05, 0) is 58.7 Å². The molecule has 46 heavy (non-hydrogen) atoms. The normalized spacial score (nSPS) is 11.5. The molecular formula is C44H29NO. The molecule has 0 radical (unpaired) electrons. The van der Waals surface area contributed by atoms with Crippen molar-refractivity contribution in [3.8, 4) is 50.6 Å². The van der Waals surface area contributed by atoms with Crippen LogP contribution >= 0.6 is 0 Å². The molecule has 0 fully saturated rings. The molecule has 0 unspecified atom stereocenters. The van der Waals surface area contributed by atoms with Gasteiger partial charge in [0, 0.05) is 38.4 Å². The zero-order valence-electron chi connectivity index (χ0n) is 25.1. The molecule has 0 aliphatic rings. The number of hydrogen-bond acceptors (Lipinski definition) is 1. The van der Waals surface area contributed by atoms with Crippen LogP contribution in [0, 0.1) is 0 Å². The van der Waals surface area contributed by atoms with Crippen molar-refractivity contribution in [1.29, 1.82) is 0 Å². The Labute approximate surface area is 267 Å². The van der Waals surface area contributed by atoms with Gasteiger partial charge in [-0.3, -0.25) is 0 Å². The summed E-state index contributed by atoms with van der Waals surface area (Å²) in [7, 11) is 0. The fourth-order valence-corrected chi connectivity index (χ4v) is 6.89. The molecule has 216 valence electrons. The van der Waals surface area contributed by atoms with Crippen LogP contribution in [0.2, 0.25) is 0 Å². The van der Waals surface area contributed by atoms with E-state index in [9.17, 15) is 0 Å². The highest BCUT2D eigenvalue weighted by atomic mass is 16.3. The van der Waals surface area contributed by atoms with Gasteiger partial charge in [-0.25, -0.2) is 0 Å². The van der Waals surface area contributed by atoms with Gasteiger partial charge in [0.25, 0.3) is 0 Å². The number of furan rings is 1. The van der Waals surface area contributed by atoms with Gasteiger partial charge in [-0.1, -0.05) is 140 Å². The van der Waals surface area contributed by atoms with E-state index in [1.54, 1.807) is 0 Å². The summed E-state index contributed by atoms with van der Waals surface area (Å²) < 4.78 is 9.42. The second-order valence-corrected chi connectivity index (χ2v) is 11.7. The third-order valence-electron chi connectivity index (χ3n) is 9.01. The summed E-state index contributed by atoms with van der Waals surface area (Å²) in [4.78, 5) is 0. The number of benzene rings is 7. The van der Waals surface area contributed by atoms with Crippen LogP contribution in [0.5, 0.6) is 0 Å². The van der Waals surface area contributed by atoms with E-state index in [0.29, 0.717) is 0 Å². The Morgan fingerprint density at radius 3 is 1.63 bits per heavy atom. The lowest BCUT2D eigenvalue weighted by molar-refractivity contribution is 0.602. The fourth-order valence-electron chi connectivity index (χ4n) is 6.89. The first kappa shape index (κ1) is 26.3. The number of nitrogens with zero attached hydrogens (tertiary/aromatic N) is 1. The number of rotatable bonds is 5. The van der Waals surface area contributed by atoms with Crippen molar-refractivity contribution in [2.45, 2.75) is 0 Å². The van der Waals surface area contributed by atoms with Crippen LogP contribution in [0.25, 0.3) is 83.2 Å². The first-order valence-corrected chi connectivity index (χ1v) is 15.7. The lowest BCUT2D eigenvalue weighted by atomic mass is 9.94. The predicted octanol–water partition coefficient (Wildman–Crippen LogP) is 12.2. The van der Waals surface area contributed by atoms with Gasteiger partial charge in [0.05, 0.1) is 11.0 Å². The van der Waals surface area contributed by atoms with E-state index in [1.807, 2.05) is 0 Å². The van der Waals surface area contributed by atoms with Gasteiger partial charge in [-0.2, -0.15) is 0 Å². The molecule has 0 amide bonds. The Balaban J connectivity index is 1.35. The molecule has 7 aromatic carbocycles. The van der Waals surface area contributed by atoms with Crippen LogP contribution in [0.4, 0.5) is 0 Å². The fraction of sp³-hybridized carbons (Fsp3) is 0. The van der Waals surface area contributed by atoms with Crippen LogP contribution in [0.1, 0.15) is 0 Å². The molecule has 2 nitrogen and oxygen atoms in total. The van der Waals surface area contributed by atoms with Gasteiger partial charge < -0.3 is 8.98 Å². The second kappa shape index (κ2) is 10.8. The van der Waals surface area contributed by atoms with Gasteiger partial charge in [0.1, 0.15) is 11.5 Å². The monoisotopic (exact) mass is 587 g/mol. The molecule has 0 aliphatic heterocycles. The van der Waals surface area contributed by atoms with E-state index in [2.05, 4.69) is 180 Å². The summed E-state index contributed by atoms with van der Waals surface area (Å²) in [6.07, 6.45) is 0. The maximum atomic E-state index is 7.05. The van der Waals surface area contributed by atoms with Crippen LogP contribution in [0.3, 0.4) is 0 Å². The van der Waals surface area contributed by atoms with Crippen molar-refractivity contribution < 1.29 is 4.42 Å². The molecule has 0 atom stereocenters. The first-order valence-electron chi connectivity index (χ1n) is 15.7. The number of fused-ring (bicyclic) bond motifs is 4. The zero-order valence-corrected chi connectivity index (χ0v) is 25.1. The van der Waals surface area contributed by atoms with Crippen molar-refractivity contribution in [3.63, 3.8) is 0 Å². The van der Waals surface area contributed by atoms with Crippen LogP contribution in [0.15, 0.2) is 180 Å². The smallest absolute Gasteiger partial charge is 0.143 e. The average Bonchev–Trinajstić information content (AvgIpc) is 3.68. The van der Waals surface area contributed by atoms with E-state index < -0.39 is 0 Å². The predicted molar refractivity (Wildman–Crippen MR) is 192 cm³/mol. The summed E-state index contributed by atoms with van der Waals surface area (Å²) in [6, 6.07) is 62.4. The van der Waals surface area contributed by atoms with Crippen LogP contribution in [-0.4, -0.2) is 4.57 Å². The van der Waals surface area contributed by atoms with Crippen molar-refractivity contribution in [2.24, 2.45) is 0 Å². The van der Waals surface area contributed by atoms with Crippen molar-refractivity contribution in [3.05, 3.63) is 176 Å². The lowest BCUT2D eigenvalue weighted by Crippen LogP contribution is -1.94. The summed E-state index contributed by atoms with van der Waals surface area (Å²) in [5.41, 5.74) is 10.2. The maximum Gasteiger partial charge on any atom is 0.143 e. The summed E-state index contributed by atoms with van der Waals surface area (Å²) in [6.45, 7) is 0. The Morgan fingerprint density at radius 2 is 0.891 bits per heavy atom. The average molecular weight is 588 g/mol. The Bertz CT molecular complexity index is 2500. The van der Waals surface area contributed by atoms with Gasteiger partial charge >= 0.3 is 0 Å². The zero-order chi connectivity index (χ0) is 30.5. The highest BCUT2D eigenvalue weighted by Crippen LogP contribution is 2.46. The maximum absolute atomic E-state index is 7.05. The lowest BCUT2D eigenvalue weighted by Gasteiger charge is -2.12. The molecular weight excluding hydrogens is 558 g/mol. The number of aromatic nitrogens is 1. The molecule has 0 spiro atoms. The van der Waals surface area contributed by atoms with Gasteiger partial charge in [0.15, 0.2) is 0 Å². The SMILES string of the molecule is c1ccc(-c2cccc(-c3oc(-c4cc5c(cc4-c4ccccc4)c4ccccc4n5-c4ccccc4)c4ccccc34)c2)cc1. The third kappa shape index (κ3) is 4.27. The Hall–Kier alpha value is -6.12. The van der Waals surface area contributed by atoms with E-state index in [1.165, 1.54) is 27.4 Å². The summed E-state index contributed by atoms with van der Waals surface area (Å²) in [5.74, 6) is 1.76. The number of para-hydroxylation sites is 2. The molecule has 2 heteroatoms. The van der Waals surface area contributed by atoms with Gasteiger partial charge in [-0.15, -0.1) is 0 Å². The van der Waals surface area contributed by atoms with E-state index in [0.717, 1.165) is 55.8 Å². The molecule has 0 saturated carbocycles. The standard InChI is InChI=1S/C44H29NO/c1-4-15-30(16-5-1)32-19-14-20-33(27-32)43-36-24-10-11-25-37(36)44(46-43)40-29-42-39(28-38(40)31-17-6-2-7-18-31)35-23-12-13-26-41(35)45(42)34-21-8-3-9-22-34/h1-29H. The first-order chi connectivity index (χ1) is 22.8. The highest BCUT2D eigenvalue weighted by molar-refractivity contribution is 6.14. The Kier molecular flexibility index (Phi) is 6.17. The minimum absolute atomic E-state index is 0.876. The van der Waals surface area contributed by atoms with Crippen LogP contribution < -0.4 is 0 Å². The molecule has 0 aliphatic carbocycles. The molecule has 0 N–H and O–H groups in total. The largest absolute Gasteiger partial charge is 0.455 e. The summed E-state index contributed by atoms with van der Waals surface area (Å²) in [5, 5.41) is 4.65. The highest BCUT2D eigenvalue weighted by Gasteiger charge is 2.22. The molecule has 0 bridgehead atoms. The molecule has 9 aromatic rings. The third-order valence-corrected chi connectivity index (χ3v) is 9.01. The molecule has 0 saturated heterocycles.